The Balaban J connectivity index is 2.21. The van der Waals surface area contributed by atoms with E-state index < -0.39 is 5.51 Å². The van der Waals surface area contributed by atoms with E-state index in [0.717, 1.165) is 36.0 Å². The number of aromatic nitrogens is 1. The molecule has 0 spiro atoms. The number of nitrogens with one attached hydrogen (secondary N) is 1. The standard InChI is InChI=1S/C14H17F3N2S/c1-3-19(2)7-6-10-9-18-13-5-4-11(8-12(10)13)20-14(15,16)17/h4-5,8-9,18H,3,6-7H2,1-2H3. The third-order valence-corrected chi connectivity index (χ3v) is 4.00. The molecule has 0 atom stereocenters. The minimum atomic E-state index is -4.24. The van der Waals surface area contributed by atoms with Gasteiger partial charge in [-0.15, -0.1) is 0 Å². The second-order valence-corrected chi connectivity index (χ2v) is 5.85. The number of benzene rings is 1. The van der Waals surface area contributed by atoms with Crippen LogP contribution in [-0.4, -0.2) is 35.5 Å². The Kier molecular flexibility index (Phi) is 4.65. The third kappa shape index (κ3) is 3.93. The van der Waals surface area contributed by atoms with E-state index in [1.165, 1.54) is 6.07 Å². The van der Waals surface area contributed by atoms with E-state index in [4.69, 9.17) is 0 Å². The van der Waals surface area contributed by atoms with Crippen molar-refractivity contribution in [3.63, 3.8) is 0 Å². The first-order valence-corrected chi connectivity index (χ1v) is 7.25. The van der Waals surface area contributed by atoms with Crippen molar-refractivity contribution in [3.8, 4) is 0 Å². The van der Waals surface area contributed by atoms with E-state index in [1.807, 2.05) is 13.2 Å². The van der Waals surface area contributed by atoms with Crippen molar-refractivity contribution >= 4 is 22.7 Å². The van der Waals surface area contributed by atoms with Crippen LogP contribution in [0.5, 0.6) is 0 Å². The Morgan fingerprint density at radius 1 is 1.30 bits per heavy atom. The van der Waals surface area contributed by atoms with Gasteiger partial charge in [0.05, 0.1) is 0 Å². The molecule has 6 heteroatoms. The zero-order valence-corrected chi connectivity index (χ0v) is 12.2. The molecule has 110 valence electrons. The number of thioether (sulfide) groups is 1. The number of fused-ring (bicyclic) bond motifs is 1. The maximum absolute atomic E-state index is 12.4. The molecule has 2 aromatic rings. The van der Waals surface area contributed by atoms with Crippen LogP contribution in [0.15, 0.2) is 29.3 Å². The van der Waals surface area contributed by atoms with Crippen LogP contribution in [0, 0.1) is 0 Å². The quantitative estimate of drug-likeness (QED) is 0.832. The summed E-state index contributed by atoms with van der Waals surface area (Å²) in [7, 11) is 2.03. The Hall–Kier alpha value is -1.14. The second kappa shape index (κ2) is 6.10. The van der Waals surface area contributed by atoms with E-state index in [-0.39, 0.29) is 16.7 Å². The molecule has 2 nitrogen and oxygen atoms in total. The predicted molar refractivity (Wildman–Crippen MR) is 77.1 cm³/mol. The molecule has 0 bridgehead atoms. The van der Waals surface area contributed by atoms with Gasteiger partial charge in [-0.05, 0) is 55.5 Å². The van der Waals surface area contributed by atoms with Crippen molar-refractivity contribution in [2.75, 3.05) is 20.1 Å². The van der Waals surface area contributed by atoms with Gasteiger partial charge in [0.15, 0.2) is 0 Å². The van der Waals surface area contributed by atoms with Gasteiger partial charge in [0.2, 0.25) is 0 Å². The fraction of sp³-hybridized carbons (Fsp3) is 0.429. The Labute approximate surface area is 120 Å². The highest BCUT2D eigenvalue weighted by Gasteiger charge is 2.29. The van der Waals surface area contributed by atoms with Gasteiger partial charge in [-0.3, -0.25) is 0 Å². The van der Waals surface area contributed by atoms with E-state index >= 15 is 0 Å². The van der Waals surface area contributed by atoms with Crippen LogP contribution < -0.4 is 0 Å². The monoisotopic (exact) mass is 302 g/mol. The van der Waals surface area contributed by atoms with Crippen LogP contribution in [0.25, 0.3) is 10.9 Å². The highest BCUT2D eigenvalue weighted by atomic mass is 32.2. The van der Waals surface area contributed by atoms with E-state index in [1.54, 1.807) is 12.1 Å². The summed E-state index contributed by atoms with van der Waals surface area (Å²) in [5.41, 5.74) is -2.30. The summed E-state index contributed by atoms with van der Waals surface area (Å²) >= 11 is -0.0677. The molecular formula is C14H17F3N2S. The van der Waals surface area contributed by atoms with Gasteiger partial charge in [0, 0.05) is 28.5 Å². The van der Waals surface area contributed by atoms with Gasteiger partial charge in [0.1, 0.15) is 0 Å². The molecule has 20 heavy (non-hydrogen) atoms. The fourth-order valence-corrected chi connectivity index (χ4v) is 2.61. The number of hydrogen-bond donors (Lipinski definition) is 1. The molecular weight excluding hydrogens is 285 g/mol. The van der Waals surface area contributed by atoms with Crippen LogP contribution in [0.1, 0.15) is 12.5 Å². The molecule has 1 aromatic heterocycles. The average molecular weight is 302 g/mol. The normalized spacial score (nSPS) is 12.5. The van der Waals surface area contributed by atoms with E-state index in [9.17, 15) is 13.2 Å². The number of nitrogens with zero attached hydrogens (tertiary/aromatic N) is 1. The van der Waals surface area contributed by atoms with Crippen molar-refractivity contribution in [1.82, 2.24) is 9.88 Å². The molecule has 1 aromatic carbocycles. The molecule has 0 unspecified atom stereocenters. The molecule has 0 saturated carbocycles. The van der Waals surface area contributed by atoms with E-state index in [2.05, 4.69) is 16.8 Å². The molecule has 1 heterocycles. The van der Waals surface area contributed by atoms with Crippen molar-refractivity contribution in [1.29, 1.82) is 0 Å². The lowest BCUT2D eigenvalue weighted by molar-refractivity contribution is -0.0328. The summed E-state index contributed by atoms with van der Waals surface area (Å²) in [5.74, 6) is 0. The molecule has 0 aliphatic rings. The van der Waals surface area contributed by atoms with Gasteiger partial charge in [-0.1, -0.05) is 6.92 Å². The number of rotatable bonds is 5. The summed E-state index contributed by atoms with van der Waals surface area (Å²) in [6, 6.07) is 4.82. The first-order valence-electron chi connectivity index (χ1n) is 6.43. The van der Waals surface area contributed by atoms with Gasteiger partial charge in [-0.2, -0.15) is 13.2 Å². The Bertz CT molecular complexity index is 577. The predicted octanol–water partition coefficient (Wildman–Crippen LogP) is 4.27. The summed E-state index contributed by atoms with van der Waals surface area (Å²) < 4.78 is 37.2. The smallest absolute Gasteiger partial charge is 0.361 e. The zero-order chi connectivity index (χ0) is 14.8. The highest BCUT2D eigenvalue weighted by Crippen LogP contribution is 2.38. The van der Waals surface area contributed by atoms with Crippen molar-refractivity contribution < 1.29 is 13.2 Å². The maximum atomic E-state index is 12.4. The van der Waals surface area contributed by atoms with Crippen molar-refractivity contribution in [3.05, 3.63) is 30.0 Å². The molecule has 0 aliphatic carbocycles. The zero-order valence-electron chi connectivity index (χ0n) is 11.4. The lowest BCUT2D eigenvalue weighted by Gasteiger charge is -2.13. The molecule has 0 saturated heterocycles. The van der Waals surface area contributed by atoms with Crippen LogP contribution in [-0.2, 0) is 6.42 Å². The molecule has 0 fully saturated rings. The largest absolute Gasteiger partial charge is 0.446 e. The van der Waals surface area contributed by atoms with Gasteiger partial charge >= 0.3 is 5.51 Å². The minimum Gasteiger partial charge on any atom is -0.361 e. The van der Waals surface area contributed by atoms with Crippen LogP contribution >= 0.6 is 11.8 Å². The lowest BCUT2D eigenvalue weighted by atomic mass is 10.1. The number of aromatic amines is 1. The molecule has 0 amide bonds. The van der Waals surface area contributed by atoms with Gasteiger partial charge in [-0.25, -0.2) is 0 Å². The summed E-state index contributed by atoms with van der Waals surface area (Å²) in [6.45, 7) is 3.92. The second-order valence-electron chi connectivity index (χ2n) is 4.72. The topological polar surface area (TPSA) is 19.0 Å². The minimum absolute atomic E-state index is 0.0677. The van der Waals surface area contributed by atoms with E-state index in [0.29, 0.717) is 0 Å². The van der Waals surface area contributed by atoms with Crippen LogP contribution in [0.3, 0.4) is 0 Å². The Morgan fingerprint density at radius 2 is 2.05 bits per heavy atom. The molecule has 2 rings (SSSR count). The molecule has 0 radical (unpaired) electrons. The number of halogens is 3. The third-order valence-electron chi connectivity index (χ3n) is 3.28. The summed E-state index contributed by atoms with van der Waals surface area (Å²) in [5, 5.41) is 0.878. The fourth-order valence-electron chi connectivity index (χ4n) is 2.03. The van der Waals surface area contributed by atoms with Crippen molar-refractivity contribution in [2.45, 2.75) is 23.7 Å². The van der Waals surface area contributed by atoms with Gasteiger partial charge in [0.25, 0.3) is 0 Å². The number of H-pyrrole nitrogens is 1. The number of hydrogen-bond acceptors (Lipinski definition) is 2. The summed E-state index contributed by atoms with van der Waals surface area (Å²) in [4.78, 5) is 5.52. The first-order chi connectivity index (χ1) is 9.39. The maximum Gasteiger partial charge on any atom is 0.446 e. The van der Waals surface area contributed by atoms with Crippen molar-refractivity contribution in [2.24, 2.45) is 0 Å². The molecule has 1 N–H and O–H groups in total. The molecule has 0 aliphatic heterocycles. The van der Waals surface area contributed by atoms with Gasteiger partial charge < -0.3 is 9.88 Å². The Morgan fingerprint density at radius 3 is 2.70 bits per heavy atom. The first kappa shape index (κ1) is 15.3. The van der Waals surface area contributed by atoms with Crippen LogP contribution in [0.4, 0.5) is 13.2 Å². The number of likely N-dealkylation sites (N-methyl/N-ethyl adjacent to an activating group) is 1. The highest BCUT2D eigenvalue weighted by molar-refractivity contribution is 8.00. The SMILES string of the molecule is CCN(C)CCc1c[nH]c2ccc(SC(F)(F)F)cc12. The average Bonchev–Trinajstić information content (AvgIpc) is 2.76. The van der Waals surface area contributed by atoms with Crippen LogP contribution in [0.2, 0.25) is 0 Å². The number of alkyl halides is 3. The lowest BCUT2D eigenvalue weighted by Crippen LogP contribution is -2.20. The summed E-state index contributed by atoms with van der Waals surface area (Å²) in [6.07, 6.45) is 2.71.